The van der Waals surface area contributed by atoms with Crippen LogP contribution in [-0.2, 0) is 17.8 Å². The summed E-state index contributed by atoms with van der Waals surface area (Å²) >= 11 is 12.4. The molecule has 0 fully saturated rings. The highest BCUT2D eigenvalue weighted by atomic mass is 35.5. The number of aliphatic carboxylic acids is 1. The van der Waals surface area contributed by atoms with Gasteiger partial charge in [-0.3, -0.25) is 4.79 Å². The molecule has 134 valence electrons. The topological polar surface area (TPSA) is 55.1 Å². The molecular weight excluding hydrogens is 359 g/mol. The van der Waals surface area contributed by atoms with Gasteiger partial charge in [-0.25, -0.2) is 4.98 Å². The second-order valence-electron chi connectivity index (χ2n) is 6.97. The lowest BCUT2D eigenvalue weighted by molar-refractivity contribution is -0.137. The van der Waals surface area contributed by atoms with Crippen molar-refractivity contribution in [1.82, 2.24) is 9.55 Å². The molecule has 1 unspecified atom stereocenters. The zero-order valence-corrected chi connectivity index (χ0v) is 15.9. The smallest absolute Gasteiger partial charge is 0.304 e. The minimum absolute atomic E-state index is 0.00678. The summed E-state index contributed by atoms with van der Waals surface area (Å²) in [6.45, 7) is 4.81. The fourth-order valence-corrected chi connectivity index (χ4v) is 4.13. The number of halogens is 2. The predicted molar refractivity (Wildman–Crippen MR) is 99.8 cm³/mol. The molecule has 25 heavy (non-hydrogen) atoms. The highest BCUT2D eigenvalue weighted by molar-refractivity contribution is 6.35. The molecule has 1 aromatic heterocycles. The minimum atomic E-state index is -0.763. The van der Waals surface area contributed by atoms with Crippen molar-refractivity contribution in [2.45, 2.75) is 57.9 Å². The normalized spacial score (nSPS) is 16.9. The van der Waals surface area contributed by atoms with Crippen LogP contribution in [0.4, 0.5) is 0 Å². The molecule has 0 aliphatic heterocycles. The van der Waals surface area contributed by atoms with E-state index in [4.69, 9.17) is 28.2 Å². The lowest BCUT2D eigenvalue weighted by atomic mass is 9.87. The molecule has 0 spiro atoms. The number of carboxylic acids is 1. The van der Waals surface area contributed by atoms with Crippen molar-refractivity contribution in [3.63, 3.8) is 0 Å². The van der Waals surface area contributed by atoms with Gasteiger partial charge in [0.25, 0.3) is 0 Å². The monoisotopic (exact) mass is 380 g/mol. The number of benzene rings is 1. The van der Waals surface area contributed by atoms with Crippen LogP contribution in [0.1, 0.15) is 67.7 Å². The van der Waals surface area contributed by atoms with E-state index in [1.165, 1.54) is 0 Å². The van der Waals surface area contributed by atoms with Crippen LogP contribution in [0.3, 0.4) is 0 Å². The Hall–Kier alpha value is -1.52. The third-order valence-corrected chi connectivity index (χ3v) is 5.33. The van der Waals surface area contributed by atoms with E-state index in [1.807, 2.05) is 12.1 Å². The van der Waals surface area contributed by atoms with Gasteiger partial charge in [0.15, 0.2) is 0 Å². The van der Waals surface area contributed by atoms with E-state index < -0.39 is 5.97 Å². The van der Waals surface area contributed by atoms with Crippen LogP contribution in [0, 0.1) is 0 Å². The summed E-state index contributed by atoms with van der Waals surface area (Å²) < 4.78 is 2.18. The van der Waals surface area contributed by atoms with Crippen LogP contribution in [0.2, 0.25) is 10.0 Å². The number of aromatic nitrogens is 2. The molecule has 1 atom stereocenters. The Kier molecular flexibility index (Phi) is 5.40. The first kappa shape index (κ1) is 18.3. The molecule has 1 N–H and O–H groups in total. The molecule has 0 saturated heterocycles. The summed E-state index contributed by atoms with van der Waals surface area (Å²) in [7, 11) is 0. The highest BCUT2D eigenvalue weighted by Gasteiger charge is 2.30. The van der Waals surface area contributed by atoms with E-state index in [1.54, 1.807) is 6.07 Å². The first-order chi connectivity index (χ1) is 11.9. The van der Waals surface area contributed by atoms with Gasteiger partial charge in [0.1, 0.15) is 5.82 Å². The van der Waals surface area contributed by atoms with E-state index in [9.17, 15) is 9.90 Å². The van der Waals surface area contributed by atoms with Crippen LogP contribution in [-0.4, -0.2) is 20.6 Å². The van der Waals surface area contributed by atoms with E-state index in [2.05, 4.69) is 18.4 Å². The van der Waals surface area contributed by atoms with Gasteiger partial charge in [0.2, 0.25) is 0 Å². The molecule has 1 aromatic carbocycles. The largest absolute Gasteiger partial charge is 0.481 e. The van der Waals surface area contributed by atoms with Gasteiger partial charge < -0.3 is 9.67 Å². The summed E-state index contributed by atoms with van der Waals surface area (Å²) in [6.07, 6.45) is 2.93. The number of hydrogen-bond donors (Lipinski definition) is 1. The number of rotatable bonds is 5. The fraction of sp³-hybridized carbons (Fsp3) is 0.474. The second kappa shape index (κ2) is 7.38. The Morgan fingerprint density at radius 3 is 2.80 bits per heavy atom. The molecule has 0 saturated carbocycles. The maximum absolute atomic E-state index is 11.3. The number of aryl methyl sites for hydroxylation is 1. The molecule has 1 aliphatic rings. The number of nitrogens with zero attached hydrogens (tertiary/aromatic N) is 2. The predicted octanol–water partition coefficient (Wildman–Crippen LogP) is 5.26. The minimum Gasteiger partial charge on any atom is -0.481 e. The van der Waals surface area contributed by atoms with Gasteiger partial charge in [-0.2, -0.15) is 0 Å². The third kappa shape index (κ3) is 3.85. The number of fused-ring (bicyclic) bond motifs is 1. The Bertz CT molecular complexity index is 799. The summed E-state index contributed by atoms with van der Waals surface area (Å²) in [4.78, 5) is 16.2. The Morgan fingerprint density at radius 2 is 2.16 bits per heavy atom. The van der Waals surface area contributed by atoms with E-state index >= 15 is 0 Å². The molecule has 2 aromatic rings. The summed E-state index contributed by atoms with van der Waals surface area (Å²) in [5, 5.41) is 10.5. The van der Waals surface area contributed by atoms with Gasteiger partial charge >= 0.3 is 5.97 Å². The Labute approximate surface area is 157 Å². The molecule has 4 nitrogen and oxygen atoms in total. The Morgan fingerprint density at radius 1 is 1.40 bits per heavy atom. The van der Waals surface area contributed by atoms with Crippen molar-refractivity contribution in [2.75, 3.05) is 0 Å². The lowest BCUT2D eigenvalue weighted by Gasteiger charge is -2.24. The second-order valence-corrected chi connectivity index (χ2v) is 7.81. The average Bonchev–Trinajstić information content (AvgIpc) is 2.89. The maximum Gasteiger partial charge on any atom is 0.304 e. The first-order valence-electron chi connectivity index (χ1n) is 8.61. The molecule has 0 radical (unpaired) electrons. The molecule has 6 heteroatoms. The highest BCUT2D eigenvalue weighted by Crippen LogP contribution is 2.37. The zero-order valence-electron chi connectivity index (χ0n) is 14.4. The van der Waals surface area contributed by atoms with Crippen LogP contribution < -0.4 is 0 Å². The van der Waals surface area contributed by atoms with E-state index in [0.717, 1.165) is 42.0 Å². The Balaban J connectivity index is 2.07. The standard InChI is InChI=1S/C19H22Cl2N2O2/c1-11(2)19-22-16-5-3-4-12(8-17(24)25)18(16)23(19)10-13-6-7-14(20)9-15(13)21/h6-7,9,11-12H,3-5,8,10H2,1-2H3,(H,24,25). The number of hydrogen-bond acceptors (Lipinski definition) is 2. The lowest BCUT2D eigenvalue weighted by Crippen LogP contribution is -2.19. The van der Waals surface area contributed by atoms with Crippen LogP contribution in [0.15, 0.2) is 18.2 Å². The fourth-order valence-electron chi connectivity index (χ4n) is 3.66. The molecule has 3 rings (SSSR count). The summed E-state index contributed by atoms with van der Waals surface area (Å²) in [6, 6.07) is 5.50. The molecular formula is C19H22Cl2N2O2. The molecule has 0 bridgehead atoms. The van der Waals surface area contributed by atoms with Gasteiger partial charge in [-0.15, -0.1) is 0 Å². The maximum atomic E-state index is 11.3. The van der Waals surface area contributed by atoms with Crippen molar-refractivity contribution in [2.24, 2.45) is 0 Å². The van der Waals surface area contributed by atoms with Crippen LogP contribution in [0.25, 0.3) is 0 Å². The van der Waals surface area contributed by atoms with Crippen LogP contribution in [0.5, 0.6) is 0 Å². The molecule has 1 aliphatic carbocycles. The van der Waals surface area contributed by atoms with Crippen molar-refractivity contribution < 1.29 is 9.90 Å². The van der Waals surface area contributed by atoms with Gasteiger partial charge in [0.05, 0.1) is 18.7 Å². The third-order valence-electron chi connectivity index (χ3n) is 4.75. The van der Waals surface area contributed by atoms with Crippen molar-refractivity contribution >= 4 is 29.2 Å². The molecule has 1 heterocycles. The van der Waals surface area contributed by atoms with Crippen molar-refractivity contribution in [3.8, 4) is 0 Å². The van der Waals surface area contributed by atoms with Gasteiger partial charge in [-0.1, -0.05) is 43.1 Å². The van der Waals surface area contributed by atoms with E-state index in [-0.39, 0.29) is 18.3 Å². The van der Waals surface area contributed by atoms with E-state index in [0.29, 0.717) is 16.6 Å². The number of carbonyl (C=O) groups is 1. The summed E-state index contributed by atoms with van der Waals surface area (Å²) in [5.74, 6) is 0.490. The van der Waals surface area contributed by atoms with Crippen molar-refractivity contribution in [3.05, 3.63) is 51.0 Å². The van der Waals surface area contributed by atoms with Crippen molar-refractivity contribution in [1.29, 1.82) is 0 Å². The van der Waals surface area contributed by atoms with Gasteiger partial charge in [0, 0.05) is 27.6 Å². The summed E-state index contributed by atoms with van der Waals surface area (Å²) in [5.41, 5.74) is 3.09. The number of carboxylic acid groups (broad SMARTS) is 1. The average molecular weight is 381 g/mol. The number of imidazole rings is 1. The van der Waals surface area contributed by atoms with Gasteiger partial charge in [-0.05, 0) is 37.0 Å². The quantitative estimate of drug-likeness (QED) is 0.769. The SMILES string of the molecule is CC(C)c1nc2c(n1Cc1ccc(Cl)cc1Cl)C(CC(=O)O)CCC2. The zero-order chi connectivity index (χ0) is 18.1. The molecule has 0 amide bonds. The first-order valence-corrected chi connectivity index (χ1v) is 9.37. The van der Waals surface area contributed by atoms with Crippen LogP contribution >= 0.6 is 23.2 Å².